The van der Waals surface area contributed by atoms with E-state index in [-0.39, 0.29) is 11.7 Å². The van der Waals surface area contributed by atoms with Gasteiger partial charge in [0.1, 0.15) is 29.8 Å². The lowest BCUT2D eigenvalue weighted by atomic mass is 9.84. The fourth-order valence-electron chi connectivity index (χ4n) is 3.29. The standard InChI is InChI=1S/C21H16BrFN4O2/c1-11-18-19(15(9-24)20(25)29-21(18)27-26-11)13-4-7-17(16(22)8-13)28-10-12-2-5-14(23)6-3-12/h2-8,19H,10,25H2,1H3,(H,26,27)/t19-/m1/s1. The highest BCUT2D eigenvalue weighted by Crippen LogP contribution is 2.44. The molecule has 2 heterocycles. The summed E-state index contributed by atoms with van der Waals surface area (Å²) in [5.74, 6) is 0.362. The Morgan fingerprint density at radius 3 is 2.76 bits per heavy atom. The number of fused-ring (bicyclic) bond motifs is 1. The van der Waals surface area contributed by atoms with Gasteiger partial charge in [-0.2, -0.15) is 5.26 Å². The molecule has 1 atom stereocenters. The Morgan fingerprint density at radius 2 is 2.07 bits per heavy atom. The van der Waals surface area contributed by atoms with E-state index in [0.29, 0.717) is 23.8 Å². The van der Waals surface area contributed by atoms with Crippen molar-refractivity contribution in [3.63, 3.8) is 0 Å². The number of rotatable bonds is 4. The minimum atomic E-state index is -0.398. The molecule has 146 valence electrons. The van der Waals surface area contributed by atoms with Crippen LogP contribution in [0.5, 0.6) is 11.6 Å². The Kier molecular flexibility index (Phi) is 4.99. The van der Waals surface area contributed by atoms with Crippen molar-refractivity contribution < 1.29 is 13.9 Å². The number of aromatic nitrogens is 2. The molecule has 0 bridgehead atoms. The fraction of sp³-hybridized carbons (Fsp3) is 0.143. The van der Waals surface area contributed by atoms with Gasteiger partial charge in [0, 0.05) is 11.3 Å². The average Bonchev–Trinajstić information content (AvgIpc) is 3.07. The molecule has 0 unspecified atom stereocenters. The van der Waals surface area contributed by atoms with Crippen LogP contribution in [0.3, 0.4) is 0 Å². The first kappa shape index (κ1) is 19.0. The molecule has 3 aromatic rings. The number of allylic oxidation sites excluding steroid dienone is 1. The predicted octanol–water partition coefficient (Wildman–Crippen LogP) is 4.42. The summed E-state index contributed by atoms with van der Waals surface area (Å²) in [5, 5.41) is 16.6. The van der Waals surface area contributed by atoms with Gasteiger partial charge in [0.25, 0.3) is 0 Å². The van der Waals surface area contributed by atoms with Crippen molar-refractivity contribution in [3.05, 3.63) is 86.6 Å². The number of halogens is 2. The predicted molar refractivity (Wildman–Crippen MR) is 107 cm³/mol. The van der Waals surface area contributed by atoms with E-state index < -0.39 is 5.92 Å². The number of ether oxygens (including phenoxy) is 2. The number of hydrogen-bond donors (Lipinski definition) is 2. The van der Waals surface area contributed by atoms with E-state index in [9.17, 15) is 9.65 Å². The molecule has 1 aromatic heterocycles. The van der Waals surface area contributed by atoms with E-state index in [2.05, 4.69) is 32.2 Å². The van der Waals surface area contributed by atoms with Crippen LogP contribution in [0.2, 0.25) is 0 Å². The minimum Gasteiger partial charge on any atom is -0.488 e. The van der Waals surface area contributed by atoms with E-state index in [1.54, 1.807) is 12.1 Å². The van der Waals surface area contributed by atoms with Crippen LogP contribution in [0.1, 0.15) is 28.3 Å². The first-order valence-electron chi connectivity index (χ1n) is 8.77. The van der Waals surface area contributed by atoms with Crippen molar-refractivity contribution in [1.82, 2.24) is 10.2 Å². The van der Waals surface area contributed by atoms with E-state index in [4.69, 9.17) is 15.2 Å². The van der Waals surface area contributed by atoms with Gasteiger partial charge in [-0.3, -0.25) is 5.10 Å². The highest BCUT2D eigenvalue weighted by atomic mass is 79.9. The SMILES string of the molecule is Cc1[nH]nc2c1[C@H](c1ccc(OCc3ccc(F)cc3)c(Br)c1)C(C#N)=C(N)O2. The summed E-state index contributed by atoms with van der Waals surface area (Å²) in [5.41, 5.74) is 9.56. The van der Waals surface area contributed by atoms with Gasteiger partial charge in [-0.15, -0.1) is 5.10 Å². The highest BCUT2D eigenvalue weighted by Gasteiger charge is 2.34. The maximum atomic E-state index is 13.0. The molecule has 4 rings (SSSR count). The zero-order valence-corrected chi connectivity index (χ0v) is 17.0. The molecule has 29 heavy (non-hydrogen) atoms. The molecule has 0 saturated carbocycles. The molecule has 0 spiro atoms. The fourth-order valence-corrected chi connectivity index (χ4v) is 3.80. The number of H-pyrrole nitrogens is 1. The lowest BCUT2D eigenvalue weighted by molar-refractivity contribution is 0.304. The van der Waals surface area contributed by atoms with Crippen molar-refractivity contribution in [2.45, 2.75) is 19.4 Å². The third-order valence-corrected chi connectivity index (χ3v) is 5.35. The zero-order chi connectivity index (χ0) is 20.5. The molecule has 0 amide bonds. The summed E-state index contributed by atoms with van der Waals surface area (Å²) in [7, 11) is 0. The van der Waals surface area contributed by atoms with Crippen molar-refractivity contribution in [2.75, 3.05) is 0 Å². The van der Waals surface area contributed by atoms with Gasteiger partial charge in [-0.1, -0.05) is 18.2 Å². The Balaban J connectivity index is 1.64. The van der Waals surface area contributed by atoms with Crippen molar-refractivity contribution in [1.29, 1.82) is 5.26 Å². The molecule has 1 aliphatic heterocycles. The van der Waals surface area contributed by atoms with Crippen LogP contribution in [0.15, 0.2) is 58.4 Å². The van der Waals surface area contributed by atoms with Crippen LogP contribution < -0.4 is 15.2 Å². The number of nitrogens with two attached hydrogens (primary N) is 1. The lowest BCUT2D eigenvalue weighted by Gasteiger charge is -2.24. The number of aryl methyl sites for hydroxylation is 1. The molecular weight excluding hydrogens is 439 g/mol. The Hall–Kier alpha value is -3.31. The summed E-state index contributed by atoms with van der Waals surface area (Å²) in [4.78, 5) is 0. The molecule has 0 aliphatic carbocycles. The molecule has 1 aliphatic rings. The summed E-state index contributed by atoms with van der Waals surface area (Å²) >= 11 is 3.54. The summed E-state index contributed by atoms with van der Waals surface area (Å²) in [6.45, 7) is 2.17. The van der Waals surface area contributed by atoms with Crippen molar-refractivity contribution in [2.24, 2.45) is 5.73 Å². The summed E-state index contributed by atoms with van der Waals surface area (Å²) < 4.78 is 25.1. The van der Waals surface area contributed by atoms with E-state index in [0.717, 1.165) is 26.9 Å². The van der Waals surface area contributed by atoms with Crippen LogP contribution in [0.4, 0.5) is 4.39 Å². The zero-order valence-electron chi connectivity index (χ0n) is 15.4. The first-order chi connectivity index (χ1) is 14.0. The second-order valence-electron chi connectivity index (χ2n) is 6.60. The number of hydrogen-bond acceptors (Lipinski definition) is 5. The van der Waals surface area contributed by atoms with Crippen molar-refractivity contribution >= 4 is 15.9 Å². The van der Waals surface area contributed by atoms with Crippen LogP contribution in [0.25, 0.3) is 0 Å². The lowest BCUT2D eigenvalue weighted by Crippen LogP contribution is -2.21. The Morgan fingerprint density at radius 1 is 1.31 bits per heavy atom. The summed E-state index contributed by atoms with van der Waals surface area (Å²) in [6, 6.07) is 13.9. The van der Waals surface area contributed by atoms with E-state index in [1.165, 1.54) is 12.1 Å². The number of nitrogens with zero attached hydrogens (tertiary/aromatic N) is 2. The van der Waals surface area contributed by atoms with Gasteiger partial charge in [-0.25, -0.2) is 4.39 Å². The van der Waals surface area contributed by atoms with Crippen LogP contribution in [-0.2, 0) is 6.61 Å². The molecular formula is C21H16BrFN4O2. The van der Waals surface area contributed by atoms with E-state index >= 15 is 0 Å². The van der Waals surface area contributed by atoms with Gasteiger partial charge in [0.15, 0.2) is 0 Å². The number of nitriles is 1. The minimum absolute atomic E-state index is 0.0456. The largest absolute Gasteiger partial charge is 0.488 e. The van der Waals surface area contributed by atoms with Gasteiger partial charge in [-0.05, 0) is 58.2 Å². The van der Waals surface area contributed by atoms with Gasteiger partial charge >= 0.3 is 0 Å². The Bertz CT molecular complexity index is 1150. The molecule has 0 radical (unpaired) electrons. The van der Waals surface area contributed by atoms with Crippen molar-refractivity contribution in [3.8, 4) is 17.7 Å². The number of aromatic amines is 1. The topological polar surface area (TPSA) is 97.0 Å². The van der Waals surface area contributed by atoms with Gasteiger partial charge in [0.2, 0.25) is 11.8 Å². The maximum absolute atomic E-state index is 13.0. The molecule has 0 saturated heterocycles. The molecule has 0 fully saturated rings. The second kappa shape index (κ2) is 7.60. The average molecular weight is 455 g/mol. The Labute approximate surface area is 174 Å². The van der Waals surface area contributed by atoms with Gasteiger partial charge < -0.3 is 15.2 Å². The maximum Gasteiger partial charge on any atom is 0.244 e. The van der Waals surface area contributed by atoms with Crippen LogP contribution >= 0.6 is 15.9 Å². The van der Waals surface area contributed by atoms with Crippen LogP contribution in [0, 0.1) is 24.1 Å². The van der Waals surface area contributed by atoms with Gasteiger partial charge in [0.05, 0.1) is 10.4 Å². The third-order valence-electron chi connectivity index (χ3n) is 4.73. The molecule has 6 nitrogen and oxygen atoms in total. The number of nitrogens with one attached hydrogen (secondary N) is 1. The van der Waals surface area contributed by atoms with E-state index in [1.807, 2.05) is 25.1 Å². The summed E-state index contributed by atoms with van der Waals surface area (Å²) in [6.07, 6.45) is 0. The third kappa shape index (κ3) is 3.57. The molecule has 2 aromatic carbocycles. The highest BCUT2D eigenvalue weighted by molar-refractivity contribution is 9.10. The van der Waals surface area contributed by atoms with Crippen LogP contribution in [-0.4, -0.2) is 10.2 Å². The molecule has 8 heteroatoms. The second-order valence-corrected chi connectivity index (χ2v) is 7.45. The quantitative estimate of drug-likeness (QED) is 0.607. The molecule has 3 N–H and O–H groups in total. The smallest absolute Gasteiger partial charge is 0.244 e. The normalized spacial score (nSPS) is 15.4. The monoisotopic (exact) mass is 454 g/mol. The number of benzene rings is 2. The first-order valence-corrected chi connectivity index (χ1v) is 9.56.